The van der Waals surface area contributed by atoms with Crippen molar-refractivity contribution in [3.8, 4) is 23.0 Å². The zero-order valence-corrected chi connectivity index (χ0v) is 9.20. The maximum atomic E-state index is 11.7. The molecule has 0 heterocycles. The maximum absolute atomic E-state index is 11.7. The van der Waals surface area contributed by atoms with Gasteiger partial charge in [0.15, 0.2) is 0 Å². The molecule has 0 aromatic heterocycles. The van der Waals surface area contributed by atoms with Crippen LogP contribution in [0.15, 0.2) is 42.5 Å². The summed E-state index contributed by atoms with van der Waals surface area (Å²) in [5, 5.41) is 27.5. The van der Waals surface area contributed by atoms with Gasteiger partial charge in [-0.15, -0.1) is 0 Å². The van der Waals surface area contributed by atoms with Crippen LogP contribution in [-0.2, 0) is 0 Å². The number of carbonyl (C=O) groups is 1. The summed E-state index contributed by atoms with van der Waals surface area (Å²) in [5.74, 6) is -0.987. The number of aromatic hydroxyl groups is 3. The van der Waals surface area contributed by atoms with E-state index in [0.717, 1.165) is 6.07 Å². The van der Waals surface area contributed by atoms with Crippen molar-refractivity contribution in [2.24, 2.45) is 0 Å². The molecule has 0 fully saturated rings. The minimum absolute atomic E-state index is 0.0329. The molecule has 0 aliphatic rings. The van der Waals surface area contributed by atoms with E-state index in [9.17, 15) is 15.0 Å². The highest BCUT2D eigenvalue weighted by Gasteiger charge is 2.09. The maximum Gasteiger partial charge on any atom is 0.343 e. The molecule has 5 heteroatoms. The molecule has 0 amide bonds. The Balaban J connectivity index is 2.18. The van der Waals surface area contributed by atoms with Gasteiger partial charge < -0.3 is 20.1 Å². The number of phenols is 3. The van der Waals surface area contributed by atoms with E-state index in [2.05, 4.69) is 0 Å². The van der Waals surface area contributed by atoms with Crippen LogP contribution in [0, 0.1) is 0 Å². The molecule has 0 unspecified atom stereocenters. The average Bonchev–Trinajstić information content (AvgIpc) is 2.28. The number of carbonyl (C=O) groups excluding carboxylic acids is 1. The van der Waals surface area contributed by atoms with E-state index in [1.165, 1.54) is 36.4 Å². The SMILES string of the molecule is O=C(Oc1cc(O)cc(O)c1)c1ccc(O)cc1. The van der Waals surface area contributed by atoms with Crippen LogP contribution in [0.1, 0.15) is 10.4 Å². The predicted octanol–water partition coefficient (Wildman–Crippen LogP) is 2.02. The fourth-order valence-electron chi connectivity index (χ4n) is 1.39. The molecular weight excluding hydrogens is 236 g/mol. The van der Waals surface area contributed by atoms with Gasteiger partial charge in [0.1, 0.15) is 23.0 Å². The third-order valence-corrected chi connectivity index (χ3v) is 2.19. The molecule has 0 saturated carbocycles. The highest BCUT2D eigenvalue weighted by atomic mass is 16.5. The van der Waals surface area contributed by atoms with Gasteiger partial charge in [0.2, 0.25) is 0 Å². The standard InChI is InChI=1S/C13H10O5/c14-9-3-1-8(2-4-9)13(17)18-12-6-10(15)5-11(16)7-12/h1-7,14-16H. The minimum Gasteiger partial charge on any atom is -0.508 e. The van der Waals surface area contributed by atoms with Gasteiger partial charge in [0, 0.05) is 18.2 Å². The first-order chi connectivity index (χ1) is 8.54. The second kappa shape index (κ2) is 4.67. The normalized spacial score (nSPS) is 10.0. The second-order valence-electron chi connectivity index (χ2n) is 3.62. The number of hydrogen-bond acceptors (Lipinski definition) is 5. The van der Waals surface area contributed by atoms with Gasteiger partial charge in [-0.25, -0.2) is 4.79 Å². The van der Waals surface area contributed by atoms with Gasteiger partial charge in [-0.1, -0.05) is 0 Å². The van der Waals surface area contributed by atoms with Crippen LogP contribution in [0.5, 0.6) is 23.0 Å². The zero-order valence-electron chi connectivity index (χ0n) is 9.20. The molecule has 0 aliphatic heterocycles. The van der Waals surface area contributed by atoms with Crippen LogP contribution in [0.2, 0.25) is 0 Å². The van der Waals surface area contributed by atoms with E-state index >= 15 is 0 Å². The third kappa shape index (κ3) is 2.70. The van der Waals surface area contributed by atoms with Crippen LogP contribution < -0.4 is 4.74 Å². The zero-order chi connectivity index (χ0) is 13.1. The summed E-state index contributed by atoms with van der Waals surface area (Å²) >= 11 is 0. The summed E-state index contributed by atoms with van der Waals surface area (Å²) in [4.78, 5) is 11.7. The molecule has 18 heavy (non-hydrogen) atoms. The van der Waals surface area contributed by atoms with Crippen molar-refractivity contribution in [2.75, 3.05) is 0 Å². The number of phenolic OH excluding ortho intramolecular Hbond substituents is 3. The fourth-order valence-corrected chi connectivity index (χ4v) is 1.39. The Morgan fingerprint density at radius 1 is 0.833 bits per heavy atom. The van der Waals surface area contributed by atoms with Crippen molar-refractivity contribution in [1.29, 1.82) is 0 Å². The molecule has 0 spiro atoms. The van der Waals surface area contributed by atoms with Gasteiger partial charge >= 0.3 is 5.97 Å². The first-order valence-electron chi connectivity index (χ1n) is 5.09. The average molecular weight is 246 g/mol. The summed E-state index contributed by atoms with van der Waals surface area (Å²) in [6.45, 7) is 0. The van der Waals surface area contributed by atoms with Crippen molar-refractivity contribution < 1.29 is 24.9 Å². The Hall–Kier alpha value is -2.69. The molecule has 92 valence electrons. The summed E-state index contributed by atoms with van der Waals surface area (Å²) in [6, 6.07) is 9.06. The van der Waals surface area contributed by atoms with Gasteiger partial charge in [-0.05, 0) is 24.3 Å². The third-order valence-electron chi connectivity index (χ3n) is 2.19. The molecule has 0 aliphatic carbocycles. The molecule has 2 aromatic carbocycles. The van der Waals surface area contributed by atoms with Crippen molar-refractivity contribution in [2.45, 2.75) is 0 Å². The largest absolute Gasteiger partial charge is 0.508 e. The number of hydrogen-bond donors (Lipinski definition) is 3. The van der Waals surface area contributed by atoms with Crippen LogP contribution in [-0.4, -0.2) is 21.3 Å². The Kier molecular flexibility index (Phi) is 3.05. The number of rotatable bonds is 2. The second-order valence-corrected chi connectivity index (χ2v) is 3.62. The number of benzene rings is 2. The lowest BCUT2D eigenvalue weighted by atomic mass is 10.2. The van der Waals surface area contributed by atoms with Crippen LogP contribution in [0.3, 0.4) is 0 Å². The fraction of sp³-hybridized carbons (Fsp3) is 0. The Morgan fingerprint density at radius 2 is 1.39 bits per heavy atom. The molecular formula is C13H10O5. The number of esters is 1. The summed E-state index contributed by atoms with van der Waals surface area (Å²) < 4.78 is 4.96. The monoisotopic (exact) mass is 246 g/mol. The van der Waals surface area contributed by atoms with Crippen molar-refractivity contribution in [3.63, 3.8) is 0 Å². The van der Waals surface area contributed by atoms with Gasteiger partial charge in [0.05, 0.1) is 5.56 Å². The smallest absolute Gasteiger partial charge is 0.343 e. The van der Waals surface area contributed by atoms with E-state index < -0.39 is 5.97 Å². The van der Waals surface area contributed by atoms with Crippen LogP contribution in [0.25, 0.3) is 0 Å². The first-order valence-corrected chi connectivity index (χ1v) is 5.09. The summed E-state index contributed by atoms with van der Waals surface area (Å²) in [7, 11) is 0. The first kappa shape index (κ1) is 11.8. The van der Waals surface area contributed by atoms with Crippen LogP contribution >= 0.6 is 0 Å². The number of ether oxygens (including phenoxy) is 1. The van der Waals surface area contributed by atoms with Crippen LogP contribution in [0.4, 0.5) is 0 Å². The lowest BCUT2D eigenvalue weighted by Crippen LogP contribution is -2.07. The Bertz CT molecular complexity index is 554. The van der Waals surface area contributed by atoms with Gasteiger partial charge in [-0.2, -0.15) is 0 Å². The predicted molar refractivity (Wildman–Crippen MR) is 62.8 cm³/mol. The van der Waals surface area contributed by atoms with Crippen molar-refractivity contribution in [1.82, 2.24) is 0 Å². The van der Waals surface area contributed by atoms with Crippen molar-refractivity contribution in [3.05, 3.63) is 48.0 Å². The van der Waals surface area contributed by atoms with Gasteiger partial charge in [-0.3, -0.25) is 0 Å². The van der Waals surface area contributed by atoms with E-state index in [4.69, 9.17) is 9.84 Å². The highest BCUT2D eigenvalue weighted by molar-refractivity contribution is 5.91. The van der Waals surface area contributed by atoms with Gasteiger partial charge in [0.25, 0.3) is 0 Å². The molecule has 2 aromatic rings. The van der Waals surface area contributed by atoms with Crippen molar-refractivity contribution >= 4 is 5.97 Å². The lowest BCUT2D eigenvalue weighted by Gasteiger charge is -2.05. The quantitative estimate of drug-likeness (QED) is 0.557. The summed E-state index contributed by atoms with van der Waals surface area (Å²) in [6.07, 6.45) is 0. The topological polar surface area (TPSA) is 87.0 Å². The Labute approximate surface area is 103 Å². The summed E-state index contributed by atoms with van der Waals surface area (Å²) in [5.41, 5.74) is 0.246. The van der Waals surface area contributed by atoms with E-state index in [1.54, 1.807) is 0 Å². The van der Waals surface area contributed by atoms with E-state index in [1.807, 2.05) is 0 Å². The molecule has 0 saturated heterocycles. The molecule has 0 atom stereocenters. The van der Waals surface area contributed by atoms with E-state index in [0.29, 0.717) is 0 Å². The molecule has 3 N–H and O–H groups in total. The highest BCUT2D eigenvalue weighted by Crippen LogP contribution is 2.26. The van der Waals surface area contributed by atoms with E-state index in [-0.39, 0.29) is 28.6 Å². The Morgan fingerprint density at radius 3 is 1.94 bits per heavy atom. The molecule has 2 rings (SSSR count). The molecule has 0 bridgehead atoms. The molecule has 5 nitrogen and oxygen atoms in total. The minimum atomic E-state index is -0.653. The lowest BCUT2D eigenvalue weighted by molar-refractivity contribution is 0.0734. The molecule has 0 radical (unpaired) electrons.